The van der Waals surface area contributed by atoms with E-state index in [0.29, 0.717) is 5.56 Å². The highest BCUT2D eigenvalue weighted by Gasteiger charge is 2.08. The zero-order valence-corrected chi connectivity index (χ0v) is 9.08. The van der Waals surface area contributed by atoms with Crippen LogP contribution in [0.3, 0.4) is 0 Å². The Morgan fingerprint density at radius 3 is 2.86 bits per heavy atom. The van der Waals surface area contributed by atoms with Crippen LogP contribution >= 0.6 is 15.9 Å². The molecular formula is C11H9BrO2. The molecule has 0 fully saturated rings. The number of hydrogen-bond donors (Lipinski definition) is 0. The lowest BCUT2D eigenvalue weighted by molar-refractivity contribution is 0.0812. The molecule has 0 aromatic heterocycles. The number of ketones is 1. The number of rotatable bonds is 4. The molecule has 0 amide bonds. The lowest BCUT2D eigenvalue weighted by Crippen LogP contribution is -2.09. The third kappa shape index (κ3) is 2.99. The molecule has 0 radical (unpaired) electrons. The van der Waals surface area contributed by atoms with Gasteiger partial charge in [0.25, 0.3) is 0 Å². The van der Waals surface area contributed by atoms with Crippen LogP contribution < -0.4 is 0 Å². The third-order valence-electron chi connectivity index (χ3n) is 1.59. The Balaban J connectivity index is 2.62. The van der Waals surface area contributed by atoms with Crippen LogP contribution in [0.25, 0.3) is 0 Å². The summed E-state index contributed by atoms with van der Waals surface area (Å²) in [6, 6.07) is 7.21. The van der Waals surface area contributed by atoms with Crippen molar-refractivity contribution in [1.29, 1.82) is 0 Å². The molecular weight excluding hydrogens is 244 g/mol. The monoisotopic (exact) mass is 252 g/mol. The van der Waals surface area contributed by atoms with Crippen molar-refractivity contribution in [2.75, 3.05) is 13.2 Å². The zero-order chi connectivity index (χ0) is 10.4. The number of carbonyl (C=O) groups excluding carboxylic acids is 1. The van der Waals surface area contributed by atoms with Crippen LogP contribution in [0.2, 0.25) is 0 Å². The first-order valence-electron chi connectivity index (χ1n) is 4.04. The number of Topliss-reactive ketones (excluding diaryl/α,β-unsaturated/α-hetero) is 1. The van der Waals surface area contributed by atoms with Gasteiger partial charge in [0.2, 0.25) is 0 Å². The minimum absolute atomic E-state index is 0.0206. The minimum Gasteiger partial charge on any atom is -0.361 e. The average Bonchev–Trinajstić information content (AvgIpc) is 2.18. The highest BCUT2D eigenvalue weighted by atomic mass is 79.9. The van der Waals surface area contributed by atoms with Gasteiger partial charge in [-0.25, -0.2) is 0 Å². The third-order valence-corrected chi connectivity index (χ3v) is 2.28. The van der Waals surface area contributed by atoms with Crippen LogP contribution in [0.5, 0.6) is 0 Å². The molecule has 0 aliphatic carbocycles. The quantitative estimate of drug-likeness (QED) is 0.467. The van der Waals surface area contributed by atoms with E-state index in [1.807, 2.05) is 12.1 Å². The number of carbonyl (C=O) groups is 1. The molecule has 14 heavy (non-hydrogen) atoms. The number of benzene rings is 1. The summed E-state index contributed by atoms with van der Waals surface area (Å²) >= 11 is 3.29. The standard InChI is InChI=1S/C11H9BrO2/c1-2-7-14-8-11(13)9-5-3-4-6-10(9)12/h1,3-6H,7-8H2. The van der Waals surface area contributed by atoms with Crippen LogP contribution in [0.4, 0.5) is 0 Å². The Hall–Kier alpha value is -1.11. The first-order chi connectivity index (χ1) is 6.75. The van der Waals surface area contributed by atoms with E-state index < -0.39 is 0 Å². The molecule has 0 saturated heterocycles. The Kier molecular flexibility index (Phi) is 4.37. The van der Waals surface area contributed by atoms with E-state index in [2.05, 4.69) is 21.9 Å². The van der Waals surface area contributed by atoms with Crippen molar-refractivity contribution < 1.29 is 9.53 Å². The fourth-order valence-electron chi connectivity index (χ4n) is 0.968. The summed E-state index contributed by atoms with van der Waals surface area (Å²) in [6.07, 6.45) is 4.99. The van der Waals surface area contributed by atoms with E-state index in [1.165, 1.54) is 0 Å². The topological polar surface area (TPSA) is 26.3 Å². The molecule has 72 valence electrons. The molecule has 0 heterocycles. The van der Waals surface area contributed by atoms with Crippen molar-refractivity contribution >= 4 is 21.7 Å². The maximum absolute atomic E-state index is 11.5. The SMILES string of the molecule is C#CCOCC(=O)c1ccccc1Br. The van der Waals surface area contributed by atoms with Crippen molar-refractivity contribution in [3.63, 3.8) is 0 Å². The van der Waals surface area contributed by atoms with Gasteiger partial charge in [0, 0.05) is 10.0 Å². The fourth-order valence-corrected chi connectivity index (χ4v) is 1.47. The molecule has 1 rings (SSSR count). The Morgan fingerprint density at radius 2 is 2.21 bits per heavy atom. The number of ether oxygens (including phenoxy) is 1. The van der Waals surface area contributed by atoms with Crippen LogP contribution in [0, 0.1) is 12.3 Å². The van der Waals surface area contributed by atoms with E-state index in [9.17, 15) is 4.79 Å². The van der Waals surface area contributed by atoms with Crippen molar-refractivity contribution in [1.82, 2.24) is 0 Å². The van der Waals surface area contributed by atoms with E-state index >= 15 is 0 Å². The molecule has 0 unspecified atom stereocenters. The molecule has 2 nitrogen and oxygen atoms in total. The molecule has 0 aliphatic heterocycles. The first kappa shape index (κ1) is 11.0. The molecule has 0 N–H and O–H groups in total. The van der Waals surface area contributed by atoms with Gasteiger partial charge in [-0.3, -0.25) is 4.79 Å². The van der Waals surface area contributed by atoms with Crippen molar-refractivity contribution in [3.05, 3.63) is 34.3 Å². The second kappa shape index (κ2) is 5.58. The van der Waals surface area contributed by atoms with Crippen LogP contribution in [0.1, 0.15) is 10.4 Å². The predicted octanol–water partition coefficient (Wildman–Crippen LogP) is 2.28. The smallest absolute Gasteiger partial charge is 0.189 e. The molecule has 0 saturated carbocycles. The van der Waals surface area contributed by atoms with Gasteiger partial charge in [-0.05, 0) is 6.07 Å². The van der Waals surface area contributed by atoms with Gasteiger partial charge >= 0.3 is 0 Å². The maximum Gasteiger partial charge on any atom is 0.189 e. The molecule has 0 atom stereocenters. The number of halogens is 1. The van der Waals surface area contributed by atoms with Gasteiger partial charge in [0.05, 0.1) is 0 Å². The molecule has 1 aromatic rings. The van der Waals surface area contributed by atoms with Gasteiger partial charge in [-0.15, -0.1) is 6.42 Å². The summed E-state index contributed by atoms with van der Waals surface area (Å²) in [5.74, 6) is 2.23. The average molecular weight is 253 g/mol. The van der Waals surface area contributed by atoms with Crippen LogP contribution in [-0.2, 0) is 4.74 Å². The van der Waals surface area contributed by atoms with Crippen molar-refractivity contribution in [2.45, 2.75) is 0 Å². The first-order valence-corrected chi connectivity index (χ1v) is 4.84. The van der Waals surface area contributed by atoms with Gasteiger partial charge in [-0.1, -0.05) is 40.0 Å². The molecule has 0 bridgehead atoms. The highest BCUT2D eigenvalue weighted by molar-refractivity contribution is 9.10. The molecule has 0 aliphatic rings. The Labute approximate surface area is 91.4 Å². The maximum atomic E-state index is 11.5. The van der Waals surface area contributed by atoms with Crippen molar-refractivity contribution in [3.8, 4) is 12.3 Å². The lowest BCUT2D eigenvalue weighted by Gasteiger charge is -2.02. The van der Waals surface area contributed by atoms with Crippen molar-refractivity contribution in [2.24, 2.45) is 0 Å². The summed E-state index contributed by atoms with van der Waals surface area (Å²) in [6.45, 7) is 0.184. The van der Waals surface area contributed by atoms with E-state index in [1.54, 1.807) is 12.1 Å². The summed E-state index contributed by atoms with van der Waals surface area (Å²) in [7, 11) is 0. The Bertz CT molecular complexity index is 366. The summed E-state index contributed by atoms with van der Waals surface area (Å²) < 4.78 is 5.72. The second-order valence-corrected chi connectivity index (χ2v) is 3.45. The summed E-state index contributed by atoms with van der Waals surface area (Å²) in [4.78, 5) is 11.5. The van der Waals surface area contributed by atoms with Crippen LogP contribution in [0.15, 0.2) is 28.7 Å². The van der Waals surface area contributed by atoms with Gasteiger partial charge in [0.15, 0.2) is 5.78 Å². The highest BCUT2D eigenvalue weighted by Crippen LogP contribution is 2.16. The lowest BCUT2D eigenvalue weighted by atomic mass is 10.1. The largest absolute Gasteiger partial charge is 0.361 e. The predicted molar refractivity (Wildman–Crippen MR) is 58.1 cm³/mol. The Morgan fingerprint density at radius 1 is 1.50 bits per heavy atom. The van der Waals surface area contributed by atoms with E-state index in [4.69, 9.17) is 11.2 Å². The normalized spacial score (nSPS) is 9.43. The number of hydrogen-bond acceptors (Lipinski definition) is 2. The van der Waals surface area contributed by atoms with Crippen LogP contribution in [-0.4, -0.2) is 19.0 Å². The van der Waals surface area contributed by atoms with Gasteiger partial charge in [-0.2, -0.15) is 0 Å². The van der Waals surface area contributed by atoms with E-state index in [0.717, 1.165) is 4.47 Å². The minimum atomic E-state index is -0.0762. The molecule has 1 aromatic carbocycles. The van der Waals surface area contributed by atoms with Gasteiger partial charge < -0.3 is 4.74 Å². The molecule has 3 heteroatoms. The fraction of sp³-hybridized carbons (Fsp3) is 0.182. The summed E-state index contributed by atoms with van der Waals surface area (Å²) in [5.41, 5.74) is 0.615. The number of terminal acetylenes is 1. The zero-order valence-electron chi connectivity index (χ0n) is 7.50. The summed E-state index contributed by atoms with van der Waals surface area (Å²) in [5, 5.41) is 0. The van der Waals surface area contributed by atoms with E-state index in [-0.39, 0.29) is 19.0 Å². The second-order valence-electron chi connectivity index (χ2n) is 2.60. The van der Waals surface area contributed by atoms with Gasteiger partial charge in [0.1, 0.15) is 13.2 Å². The molecule has 0 spiro atoms.